The van der Waals surface area contributed by atoms with Gasteiger partial charge >= 0.3 is 6.03 Å². The number of hydrogen-bond acceptors (Lipinski definition) is 2. The van der Waals surface area contributed by atoms with Gasteiger partial charge in [-0.25, -0.2) is 18.5 Å². The summed E-state index contributed by atoms with van der Waals surface area (Å²) in [5, 5.41) is 2.42. The molecule has 0 aromatic heterocycles. The number of nitrogens with one attached hydrogen (secondary N) is 1. The van der Waals surface area contributed by atoms with Gasteiger partial charge in [-0.2, -0.15) is 0 Å². The van der Waals surface area contributed by atoms with Gasteiger partial charge in [0.1, 0.15) is 11.6 Å². The van der Waals surface area contributed by atoms with Gasteiger partial charge in [0.2, 0.25) is 0 Å². The third-order valence-electron chi connectivity index (χ3n) is 4.55. The lowest BCUT2D eigenvalue weighted by atomic mass is 9.91. The van der Waals surface area contributed by atoms with Crippen LogP contribution in [0.1, 0.15) is 17.5 Å². The summed E-state index contributed by atoms with van der Waals surface area (Å²) in [5.74, 6) is -1.77. The molecule has 4 rings (SSSR count). The van der Waals surface area contributed by atoms with Gasteiger partial charge in [-0.3, -0.25) is 4.79 Å². The Morgan fingerprint density at radius 1 is 1.12 bits per heavy atom. The number of anilines is 1. The van der Waals surface area contributed by atoms with Gasteiger partial charge in [-0.05, 0) is 42.7 Å². The molecule has 0 saturated carbocycles. The van der Waals surface area contributed by atoms with Crippen LogP contribution in [0.25, 0.3) is 0 Å². The minimum Gasteiger partial charge on any atom is -0.319 e. The molecule has 7 heteroatoms. The fourth-order valence-corrected chi connectivity index (χ4v) is 3.65. The standard InChI is InChI=1S/C17H11ClF2N2O2/c18-11-8-10(4-5-12(11)19)22-15(23)17(21-16(22)24)7-6-9-2-1-3-13(20)14(9)17/h1-5,8H,6-7H2,(H,21,24). The van der Waals surface area contributed by atoms with Gasteiger partial charge in [0.05, 0.1) is 10.7 Å². The number of aryl methyl sites for hydroxylation is 1. The first kappa shape index (κ1) is 15.1. The van der Waals surface area contributed by atoms with Crippen molar-refractivity contribution in [2.24, 2.45) is 0 Å². The molecule has 3 amide bonds. The zero-order chi connectivity index (χ0) is 17.1. The van der Waals surface area contributed by atoms with E-state index in [4.69, 9.17) is 11.6 Å². The topological polar surface area (TPSA) is 49.4 Å². The number of halogens is 3. The van der Waals surface area contributed by atoms with Crippen LogP contribution in [-0.4, -0.2) is 11.9 Å². The molecule has 4 nitrogen and oxygen atoms in total. The van der Waals surface area contributed by atoms with Crippen LogP contribution in [0.4, 0.5) is 19.3 Å². The van der Waals surface area contributed by atoms with E-state index in [1.807, 2.05) is 0 Å². The van der Waals surface area contributed by atoms with Gasteiger partial charge in [0, 0.05) is 5.56 Å². The highest BCUT2D eigenvalue weighted by atomic mass is 35.5. The molecule has 2 aromatic rings. The first-order chi connectivity index (χ1) is 11.4. The monoisotopic (exact) mass is 348 g/mol. The van der Waals surface area contributed by atoms with E-state index in [0.717, 1.165) is 11.0 Å². The number of hydrogen-bond donors (Lipinski definition) is 1. The van der Waals surface area contributed by atoms with Crippen molar-refractivity contribution in [3.8, 4) is 0 Å². The van der Waals surface area contributed by atoms with E-state index in [9.17, 15) is 18.4 Å². The second-order valence-corrected chi connectivity index (χ2v) is 6.26. The Labute approximate surface area is 141 Å². The summed E-state index contributed by atoms with van der Waals surface area (Å²) in [5.41, 5.74) is -0.370. The number of imide groups is 1. The largest absolute Gasteiger partial charge is 0.329 e. The van der Waals surface area contributed by atoms with Crippen molar-refractivity contribution in [1.29, 1.82) is 0 Å². The lowest BCUT2D eigenvalue weighted by Gasteiger charge is -2.22. The molecule has 0 radical (unpaired) electrons. The van der Waals surface area contributed by atoms with Crippen molar-refractivity contribution < 1.29 is 18.4 Å². The van der Waals surface area contributed by atoms with Crippen molar-refractivity contribution in [1.82, 2.24) is 5.32 Å². The van der Waals surface area contributed by atoms with Crippen LogP contribution in [0.2, 0.25) is 5.02 Å². The maximum Gasteiger partial charge on any atom is 0.329 e. The summed E-state index contributed by atoms with van der Waals surface area (Å²) >= 11 is 5.74. The lowest BCUT2D eigenvalue weighted by Crippen LogP contribution is -2.42. The number of fused-ring (bicyclic) bond motifs is 2. The Morgan fingerprint density at radius 3 is 2.67 bits per heavy atom. The quantitative estimate of drug-likeness (QED) is 0.802. The van der Waals surface area contributed by atoms with E-state index < -0.39 is 29.1 Å². The second kappa shape index (κ2) is 5.01. The van der Waals surface area contributed by atoms with E-state index in [1.54, 1.807) is 12.1 Å². The van der Waals surface area contributed by atoms with E-state index in [1.165, 1.54) is 18.2 Å². The Morgan fingerprint density at radius 2 is 1.92 bits per heavy atom. The first-order valence-corrected chi connectivity index (χ1v) is 7.71. The molecule has 122 valence electrons. The van der Waals surface area contributed by atoms with Gasteiger partial charge in [0.15, 0.2) is 5.54 Å². The summed E-state index contributed by atoms with van der Waals surface area (Å²) in [7, 11) is 0. The Balaban J connectivity index is 1.83. The number of nitrogens with zero attached hydrogens (tertiary/aromatic N) is 1. The fourth-order valence-electron chi connectivity index (χ4n) is 3.47. The molecule has 1 unspecified atom stereocenters. The highest BCUT2D eigenvalue weighted by Gasteiger charge is 2.57. The van der Waals surface area contributed by atoms with Crippen LogP contribution in [0, 0.1) is 11.6 Å². The van der Waals surface area contributed by atoms with Crippen molar-refractivity contribution in [2.75, 3.05) is 4.90 Å². The van der Waals surface area contributed by atoms with Crippen molar-refractivity contribution in [3.05, 3.63) is 64.2 Å². The van der Waals surface area contributed by atoms with Crippen molar-refractivity contribution >= 4 is 29.2 Å². The number of carbonyl (C=O) groups is 2. The molecule has 1 spiro atoms. The molecule has 1 aliphatic carbocycles. The molecule has 1 atom stereocenters. The smallest absolute Gasteiger partial charge is 0.319 e. The zero-order valence-corrected chi connectivity index (χ0v) is 13.0. The summed E-state index contributed by atoms with van der Waals surface area (Å²) in [6.07, 6.45) is 0.760. The summed E-state index contributed by atoms with van der Waals surface area (Å²) in [6, 6.07) is 7.46. The molecule has 1 heterocycles. The number of urea groups is 1. The molecular weight excluding hydrogens is 338 g/mol. The number of benzene rings is 2. The molecule has 2 aromatic carbocycles. The molecule has 1 saturated heterocycles. The van der Waals surface area contributed by atoms with Gasteiger partial charge in [-0.15, -0.1) is 0 Å². The lowest BCUT2D eigenvalue weighted by molar-refractivity contribution is -0.122. The van der Waals surface area contributed by atoms with E-state index in [0.29, 0.717) is 12.0 Å². The van der Waals surface area contributed by atoms with E-state index in [2.05, 4.69) is 5.32 Å². The molecule has 24 heavy (non-hydrogen) atoms. The maximum atomic E-state index is 14.3. The Bertz CT molecular complexity index is 902. The number of rotatable bonds is 1. The average molecular weight is 349 g/mol. The van der Waals surface area contributed by atoms with Gasteiger partial charge in [-0.1, -0.05) is 23.7 Å². The van der Waals surface area contributed by atoms with Crippen LogP contribution < -0.4 is 10.2 Å². The predicted molar refractivity (Wildman–Crippen MR) is 83.8 cm³/mol. The van der Waals surface area contributed by atoms with Crippen LogP contribution in [0.5, 0.6) is 0 Å². The van der Waals surface area contributed by atoms with Crippen LogP contribution >= 0.6 is 11.6 Å². The zero-order valence-electron chi connectivity index (χ0n) is 12.3. The van der Waals surface area contributed by atoms with Gasteiger partial charge < -0.3 is 5.32 Å². The normalized spacial score (nSPS) is 22.2. The molecule has 0 bridgehead atoms. The van der Waals surface area contributed by atoms with E-state index in [-0.39, 0.29) is 22.7 Å². The number of carbonyl (C=O) groups excluding carboxylic acids is 2. The minimum atomic E-state index is -1.42. The number of amides is 3. The first-order valence-electron chi connectivity index (χ1n) is 7.34. The highest BCUT2D eigenvalue weighted by Crippen LogP contribution is 2.44. The van der Waals surface area contributed by atoms with E-state index >= 15 is 0 Å². The van der Waals surface area contributed by atoms with Gasteiger partial charge in [0.25, 0.3) is 5.91 Å². The average Bonchev–Trinajstić information content (AvgIpc) is 3.03. The third kappa shape index (κ3) is 1.89. The predicted octanol–water partition coefficient (Wildman–Crippen LogP) is 3.52. The SMILES string of the molecule is O=C1NC2(CCc3cccc(F)c32)C(=O)N1c1ccc(F)c(Cl)c1. The third-order valence-corrected chi connectivity index (χ3v) is 4.84. The molecule has 1 N–H and O–H groups in total. The molecule has 1 fully saturated rings. The molecule has 1 aliphatic heterocycles. The summed E-state index contributed by atoms with van der Waals surface area (Å²) in [6.45, 7) is 0. The molecule has 2 aliphatic rings. The van der Waals surface area contributed by atoms with Crippen LogP contribution in [0.3, 0.4) is 0 Å². The van der Waals surface area contributed by atoms with Crippen LogP contribution in [-0.2, 0) is 16.8 Å². The maximum absolute atomic E-state index is 14.3. The van der Waals surface area contributed by atoms with Crippen molar-refractivity contribution in [2.45, 2.75) is 18.4 Å². The van der Waals surface area contributed by atoms with Crippen molar-refractivity contribution in [3.63, 3.8) is 0 Å². The molecular formula is C17H11ClF2N2O2. The Hall–Kier alpha value is -2.47. The summed E-state index contributed by atoms with van der Waals surface area (Å²) in [4.78, 5) is 26.3. The minimum absolute atomic E-state index is 0.144. The van der Waals surface area contributed by atoms with Crippen LogP contribution in [0.15, 0.2) is 36.4 Å². The Kier molecular flexibility index (Phi) is 3.15. The summed E-state index contributed by atoms with van der Waals surface area (Å²) < 4.78 is 27.7. The second-order valence-electron chi connectivity index (χ2n) is 5.85. The highest BCUT2D eigenvalue weighted by molar-refractivity contribution is 6.31. The fraction of sp³-hybridized carbons (Fsp3) is 0.176.